The van der Waals surface area contributed by atoms with Crippen molar-refractivity contribution in [1.29, 1.82) is 5.26 Å². The van der Waals surface area contributed by atoms with Crippen LogP contribution in [0.25, 0.3) is 0 Å². The molecule has 2 aliphatic heterocycles. The molecule has 2 aromatic carbocycles. The van der Waals surface area contributed by atoms with Gasteiger partial charge in [-0.1, -0.05) is 30.3 Å². The summed E-state index contributed by atoms with van der Waals surface area (Å²) in [6.07, 6.45) is 0.216. The molecule has 2 aliphatic rings. The van der Waals surface area contributed by atoms with Crippen LogP contribution in [0.3, 0.4) is 0 Å². The molecule has 0 unspecified atom stereocenters. The zero-order chi connectivity index (χ0) is 24.3. The largest absolute Gasteiger partial charge is 0.485 e. The standard InChI is InChI=1S/C26H29N3O5/c1-26(2)23(30)22(19-15-18(16-27)10-11-21(19)34-26)28-24(31)20-9-6-13-29(20)25(32)33-14-12-17-7-4-3-5-8-17/h3-5,7-8,10-11,15,20,22-23,30H,6,9,12-14H2,1-2H3,(H,28,31)/t20-,22+,23-/m0/s1. The van der Waals surface area contributed by atoms with E-state index in [0.29, 0.717) is 42.7 Å². The molecule has 0 saturated carbocycles. The second kappa shape index (κ2) is 9.74. The first-order valence-corrected chi connectivity index (χ1v) is 11.5. The number of nitrogens with zero attached hydrogens (tertiary/aromatic N) is 2. The summed E-state index contributed by atoms with van der Waals surface area (Å²) in [5.74, 6) is 0.135. The van der Waals surface area contributed by atoms with Crippen LogP contribution in [-0.2, 0) is 16.0 Å². The summed E-state index contributed by atoms with van der Waals surface area (Å²) in [6.45, 7) is 4.14. The van der Waals surface area contributed by atoms with Crippen molar-refractivity contribution in [2.24, 2.45) is 0 Å². The zero-order valence-corrected chi connectivity index (χ0v) is 19.4. The lowest BCUT2D eigenvalue weighted by atomic mass is 9.85. The molecular formula is C26H29N3O5. The molecule has 0 aliphatic carbocycles. The Kier molecular flexibility index (Phi) is 6.75. The Morgan fingerprint density at radius 2 is 2.03 bits per heavy atom. The van der Waals surface area contributed by atoms with Gasteiger partial charge >= 0.3 is 6.09 Å². The van der Waals surface area contributed by atoms with Crippen molar-refractivity contribution in [2.45, 2.75) is 56.9 Å². The minimum atomic E-state index is -1.05. The van der Waals surface area contributed by atoms with Crippen molar-refractivity contribution in [3.05, 3.63) is 65.2 Å². The maximum Gasteiger partial charge on any atom is 0.410 e. The number of hydrogen-bond donors (Lipinski definition) is 2. The Morgan fingerprint density at radius 3 is 2.76 bits per heavy atom. The number of carbonyl (C=O) groups is 2. The number of likely N-dealkylation sites (tertiary alicyclic amines) is 1. The molecule has 178 valence electrons. The smallest absolute Gasteiger partial charge is 0.410 e. The quantitative estimate of drug-likeness (QED) is 0.705. The molecule has 2 N–H and O–H groups in total. The minimum absolute atomic E-state index is 0.227. The van der Waals surface area contributed by atoms with Gasteiger partial charge in [0.25, 0.3) is 0 Å². The van der Waals surface area contributed by atoms with Gasteiger partial charge in [0, 0.05) is 18.5 Å². The van der Waals surface area contributed by atoms with Crippen molar-refractivity contribution in [1.82, 2.24) is 10.2 Å². The number of aliphatic hydroxyl groups is 1. The van der Waals surface area contributed by atoms with E-state index in [9.17, 15) is 20.0 Å². The molecule has 0 bridgehead atoms. The van der Waals surface area contributed by atoms with Crippen LogP contribution in [0.1, 0.15) is 49.4 Å². The predicted octanol–water partition coefficient (Wildman–Crippen LogP) is 3.09. The van der Waals surface area contributed by atoms with Gasteiger partial charge in [-0.25, -0.2) is 4.79 Å². The number of benzene rings is 2. The molecule has 2 amide bonds. The van der Waals surface area contributed by atoms with Crippen LogP contribution in [0.15, 0.2) is 48.5 Å². The third kappa shape index (κ3) is 4.85. The Bertz CT molecular complexity index is 1100. The number of carbonyl (C=O) groups excluding carboxylic acids is 2. The first-order chi connectivity index (χ1) is 16.3. The van der Waals surface area contributed by atoms with Crippen LogP contribution < -0.4 is 10.1 Å². The van der Waals surface area contributed by atoms with Crippen molar-refractivity contribution in [2.75, 3.05) is 13.2 Å². The van der Waals surface area contributed by atoms with Crippen molar-refractivity contribution < 1.29 is 24.2 Å². The maximum absolute atomic E-state index is 13.3. The molecule has 0 spiro atoms. The highest BCUT2D eigenvalue weighted by molar-refractivity contribution is 5.86. The highest BCUT2D eigenvalue weighted by atomic mass is 16.6. The average Bonchev–Trinajstić information content (AvgIpc) is 3.32. The van der Waals surface area contributed by atoms with E-state index in [1.54, 1.807) is 32.0 Å². The summed E-state index contributed by atoms with van der Waals surface area (Å²) in [6, 6.07) is 15.3. The lowest BCUT2D eigenvalue weighted by Crippen LogP contribution is -2.56. The van der Waals surface area contributed by atoms with Gasteiger partial charge in [0.15, 0.2) is 0 Å². The number of rotatable bonds is 5. The number of amides is 2. The molecule has 1 fully saturated rings. The topological polar surface area (TPSA) is 112 Å². The predicted molar refractivity (Wildman–Crippen MR) is 124 cm³/mol. The van der Waals surface area contributed by atoms with E-state index in [-0.39, 0.29) is 12.5 Å². The fourth-order valence-electron chi connectivity index (χ4n) is 4.52. The first kappa shape index (κ1) is 23.6. The molecular weight excluding hydrogens is 434 g/mol. The zero-order valence-electron chi connectivity index (χ0n) is 19.4. The number of fused-ring (bicyclic) bond motifs is 1. The Hall–Kier alpha value is -3.57. The summed E-state index contributed by atoms with van der Waals surface area (Å²) < 4.78 is 11.4. The molecule has 1 saturated heterocycles. The van der Waals surface area contributed by atoms with Gasteiger partial charge in [0.05, 0.1) is 24.3 Å². The molecule has 2 aromatic rings. The number of aliphatic hydroxyl groups excluding tert-OH is 1. The monoisotopic (exact) mass is 463 g/mol. The second-order valence-corrected chi connectivity index (χ2v) is 9.20. The summed E-state index contributed by atoms with van der Waals surface area (Å²) in [5, 5.41) is 23.2. The number of nitriles is 1. The van der Waals surface area contributed by atoms with Gasteiger partial charge < -0.3 is 19.9 Å². The third-order valence-electron chi connectivity index (χ3n) is 6.42. The summed E-state index contributed by atoms with van der Waals surface area (Å²) in [7, 11) is 0. The fraction of sp³-hybridized carbons (Fsp3) is 0.423. The molecule has 0 aromatic heterocycles. The summed E-state index contributed by atoms with van der Waals surface area (Å²) in [4.78, 5) is 27.4. The lowest BCUT2D eigenvalue weighted by molar-refractivity contribution is -0.129. The van der Waals surface area contributed by atoms with Crippen LogP contribution in [0.4, 0.5) is 4.79 Å². The minimum Gasteiger partial charge on any atom is -0.485 e. The number of hydrogen-bond acceptors (Lipinski definition) is 6. The fourth-order valence-corrected chi connectivity index (χ4v) is 4.52. The maximum atomic E-state index is 13.3. The van der Waals surface area contributed by atoms with Gasteiger partial charge in [-0.3, -0.25) is 9.69 Å². The highest BCUT2D eigenvalue weighted by Gasteiger charge is 2.45. The molecule has 4 rings (SSSR count). The van der Waals surface area contributed by atoms with E-state index < -0.39 is 29.9 Å². The SMILES string of the molecule is CC1(C)Oc2ccc(C#N)cc2[C@@H](NC(=O)[C@@H]2CCCN2C(=O)OCCc2ccccc2)[C@@H]1O. The summed E-state index contributed by atoms with van der Waals surface area (Å²) >= 11 is 0. The van der Waals surface area contributed by atoms with Crippen LogP contribution >= 0.6 is 0 Å². The van der Waals surface area contributed by atoms with E-state index in [1.165, 1.54) is 4.90 Å². The van der Waals surface area contributed by atoms with E-state index >= 15 is 0 Å². The van der Waals surface area contributed by atoms with E-state index in [4.69, 9.17) is 9.47 Å². The van der Waals surface area contributed by atoms with Gasteiger partial charge in [0.1, 0.15) is 23.5 Å². The average molecular weight is 464 g/mol. The number of ether oxygens (including phenoxy) is 2. The Morgan fingerprint density at radius 1 is 1.26 bits per heavy atom. The molecule has 0 radical (unpaired) electrons. The first-order valence-electron chi connectivity index (χ1n) is 11.5. The van der Waals surface area contributed by atoms with Gasteiger partial charge in [-0.2, -0.15) is 5.26 Å². The second-order valence-electron chi connectivity index (χ2n) is 9.20. The molecule has 2 heterocycles. The van der Waals surface area contributed by atoms with Crippen molar-refractivity contribution >= 4 is 12.0 Å². The Balaban J connectivity index is 1.45. The molecule has 8 nitrogen and oxygen atoms in total. The lowest BCUT2D eigenvalue weighted by Gasteiger charge is -2.42. The van der Waals surface area contributed by atoms with Crippen molar-refractivity contribution in [3.63, 3.8) is 0 Å². The molecule has 34 heavy (non-hydrogen) atoms. The molecule has 3 atom stereocenters. The summed E-state index contributed by atoms with van der Waals surface area (Å²) in [5.41, 5.74) is 1.05. The van der Waals surface area contributed by atoms with Crippen LogP contribution in [-0.4, -0.2) is 52.9 Å². The Labute approximate surface area is 199 Å². The van der Waals surface area contributed by atoms with E-state index in [1.807, 2.05) is 30.3 Å². The number of nitrogens with one attached hydrogen (secondary N) is 1. The van der Waals surface area contributed by atoms with Crippen LogP contribution in [0.2, 0.25) is 0 Å². The van der Waals surface area contributed by atoms with Gasteiger partial charge in [-0.05, 0) is 50.5 Å². The van der Waals surface area contributed by atoms with Gasteiger partial charge in [-0.15, -0.1) is 0 Å². The van der Waals surface area contributed by atoms with Crippen LogP contribution in [0.5, 0.6) is 5.75 Å². The molecule has 8 heteroatoms. The normalized spacial score (nSPS) is 22.8. The van der Waals surface area contributed by atoms with Gasteiger partial charge in [0.2, 0.25) is 5.91 Å². The van der Waals surface area contributed by atoms with Crippen LogP contribution in [0, 0.1) is 11.3 Å². The van der Waals surface area contributed by atoms with E-state index in [0.717, 1.165) is 5.56 Å². The third-order valence-corrected chi connectivity index (χ3v) is 6.42. The van der Waals surface area contributed by atoms with E-state index in [2.05, 4.69) is 11.4 Å². The van der Waals surface area contributed by atoms with Crippen molar-refractivity contribution in [3.8, 4) is 11.8 Å². The highest BCUT2D eigenvalue weighted by Crippen LogP contribution is 2.40.